The molecular formula is C17H18ClN3O4. The quantitative estimate of drug-likeness (QED) is 0.638. The van der Waals surface area contributed by atoms with Crippen molar-refractivity contribution in [1.29, 1.82) is 0 Å². The minimum Gasteiger partial charge on any atom is -0.455 e. The Hall–Kier alpha value is -2.38. The molecule has 0 atom stereocenters. The Bertz CT molecular complexity index is 784. The zero-order valence-corrected chi connectivity index (χ0v) is 14.3. The number of carbonyl (C=O) groups excluding carboxylic acids is 1. The number of rotatable bonds is 5. The number of furan rings is 1. The Morgan fingerprint density at radius 3 is 2.72 bits per heavy atom. The molecule has 1 aromatic carbocycles. The third kappa shape index (κ3) is 4.37. The van der Waals surface area contributed by atoms with Crippen molar-refractivity contribution >= 4 is 28.9 Å². The molecule has 2 aromatic rings. The van der Waals surface area contributed by atoms with Crippen LogP contribution in [0.2, 0.25) is 5.02 Å². The van der Waals surface area contributed by atoms with Crippen LogP contribution in [0, 0.1) is 10.1 Å². The fraction of sp³-hybridized carbons (Fsp3) is 0.353. The molecule has 0 aliphatic carbocycles. The Morgan fingerprint density at radius 1 is 1.24 bits per heavy atom. The van der Waals surface area contributed by atoms with Crippen LogP contribution in [0.15, 0.2) is 34.7 Å². The number of non-ortho nitro benzene ring substituents is 1. The lowest BCUT2D eigenvalue weighted by Gasteiger charge is -2.25. The summed E-state index contributed by atoms with van der Waals surface area (Å²) in [5, 5.41) is 13.6. The monoisotopic (exact) mass is 363 g/mol. The molecule has 0 unspecified atom stereocenters. The van der Waals surface area contributed by atoms with E-state index in [1.807, 2.05) is 0 Å². The first-order valence-electron chi connectivity index (χ1n) is 8.09. The van der Waals surface area contributed by atoms with Crippen LogP contribution in [0.5, 0.6) is 0 Å². The van der Waals surface area contributed by atoms with Gasteiger partial charge in [0.15, 0.2) is 5.76 Å². The molecule has 1 saturated heterocycles. The van der Waals surface area contributed by atoms with E-state index in [0.717, 1.165) is 18.8 Å². The lowest BCUT2D eigenvalue weighted by atomic mass is 10.1. The van der Waals surface area contributed by atoms with Gasteiger partial charge in [-0.15, -0.1) is 0 Å². The summed E-state index contributed by atoms with van der Waals surface area (Å²) in [6.07, 6.45) is 3.62. The number of nitrogens with one attached hydrogen (secondary N) is 1. The van der Waals surface area contributed by atoms with Crippen LogP contribution in [-0.2, 0) is 6.54 Å². The molecular weight excluding hydrogens is 346 g/mol. The van der Waals surface area contributed by atoms with Gasteiger partial charge in [0.05, 0.1) is 22.2 Å². The summed E-state index contributed by atoms with van der Waals surface area (Å²) >= 11 is 5.99. The molecule has 0 bridgehead atoms. The molecule has 8 heteroatoms. The van der Waals surface area contributed by atoms with Gasteiger partial charge in [0.2, 0.25) is 0 Å². The van der Waals surface area contributed by atoms with E-state index in [4.69, 9.17) is 16.0 Å². The first kappa shape index (κ1) is 17.4. The predicted octanol–water partition coefficient (Wildman–Crippen LogP) is 4.08. The fourth-order valence-electron chi connectivity index (χ4n) is 2.83. The van der Waals surface area contributed by atoms with Gasteiger partial charge >= 0.3 is 0 Å². The Labute approximate surface area is 149 Å². The van der Waals surface area contributed by atoms with E-state index in [1.165, 1.54) is 37.5 Å². The van der Waals surface area contributed by atoms with E-state index in [0.29, 0.717) is 6.54 Å². The summed E-state index contributed by atoms with van der Waals surface area (Å²) < 4.78 is 5.61. The van der Waals surface area contributed by atoms with Gasteiger partial charge in [-0.2, -0.15) is 0 Å². The average Bonchev–Trinajstić information content (AvgIpc) is 3.06. The van der Waals surface area contributed by atoms with Crippen molar-refractivity contribution in [2.75, 3.05) is 18.4 Å². The van der Waals surface area contributed by atoms with Crippen molar-refractivity contribution in [2.24, 2.45) is 0 Å². The molecule has 25 heavy (non-hydrogen) atoms. The maximum Gasteiger partial charge on any atom is 0.291 e. The molecule has 3 rings (SSSR count). The van der Waals surface area contributed by atoms with Crippen LogP contribution in [0.1, 0.15) is 35.6 Å². The van der Waals surface area contributed by atoms with Crippen molar-refractivity contribution in [3.05, 3.63) is 57.0 Å². The van der Waals surface area contributed by atoms with Crippen molar-refractivity contribution in [3.8, 4) is 0 Å². The zero-order chi connectivity index (χ0) is 17.8. The van der Waals surface area contributed by atoms with Crippen LogP contribution < -0.4 is 5.32 Å². The van der Waals surface area contributed by atoms with E-state index < -0.39 is 10.8 Å². The minimum atomic E-state index is -0.546. The molecule has 1 aliphatic heterocycles. The molecule has 132 valence electrons. The van der Waals surface area contributed by atoms with E-state index >= 15 is 0 Å². The van der Waals surface area contributed by atoms with Crippen LogP contribution in [0.25, 0.3) is 0 Å². The van der Waals surface area contributed by atoms with Gasteiger partial charge in [0.1, 0.15) is 5.76 Å². The van der Waals surface area contributed by atoms with E-state index in [1.54, 1.807) is 12.1 Å². The Morgan fingerprint density at radius 2 is 2.00 bits per heavy atom. The molecule has 1 aliphatic rings. The summed E-state index contributed by atoms with van der Waals surface area (Å²) in [5.74, 6) is 0.374. The number of piperidine rings is 1. The van der Waals surface area contributed by atoms with Crippen molar-refractivity contribution in [1.82, 2.24) is 4.90 Å². The number of nitrogens with zero attached hydrogens (tertiary/aromatic N) is 2. The van der Waals surface area contributed by atoms with Gasteiger partial charge in [0.25, 0.3) is 11.6 Å². The largest absolute Gasteiger partial charge is 0.455 e. The second-order valence-corrected chi connectivity index (χ2v) is 6.39. The number of halogens is 1. The molecule has 0 saturated carbocycles. The van der Waals surface area contributed by atoms with Gasteiger partial charge in [0, 0.05) is 12.1 Å². The number of nitro groups is 1. The summed E-state index contributed by atoms with van der Waals surface area (Å²) in [6.45, 7) is 2.74. The highest BCUT2D eigenvalue weighted by molar-refractivity contribution is 6.34. The summed E-state index contributed by atoms with van der Waals surface area (Å²) in [5.41, 5.74) is 0.0276. The maximum atomic E-state index is 12.3. The number of likely N-dealkylation sites (tertiary alicyclic amines) is 1. The van der Waals surface area contributed by atoms with Crippen LogP contribution in [0.4, 0.5) is 11.4 Å². The Balaban J connectivity index is 1.67. The summed E-state index contributed by atoms with van der Waals surface area (Å²) in [6, 6.07) is 7.25. The normalized spacial score (nSPS) is 15.1. The van der Waals surface area contributed by atoms with E-state index in [2.05, 4.69) is 10.2 Å². The first-order chi connectivity index (χ1) is 12.0. The van der Waals surface area contributed by atoms with E-state index in [-0.39, 0.29) is 22.2 Å². The highest BCUT2D eigenvalue weighted by Gasteiger charge is 2.17. The van der Waals surface area contributed by atoms with Crippen molar-refractivity contribution in [3.63, 3.8) is 0 Å². The lowest BCUT2D eigenvalue weighted by Crippen LogP contribution is -2.28. The third-order valence-electron chi connectivity index (χ3n) is 4.12. The molecule has 7 nitrogen and oxygen atoms in total. The molecule has 1 fully saturated rings. The topological polar surface area (TPSA) is 88.6 Å². The molecule has 1 N–H and O–H groups in total. The van der Waals surface area contributed by atoms with Crippen LogP contribution >= 0.6 is 11.6 Å². The molecule has 0 spiro atoms. The molecule has 1 amide bonds. The van der Waals surface area contributed by atoms with Crippen LogP contribution in [0.3, 0.4) is 0 Å². The SMILES string of the molecule is O=C(Nc1cc([N+](=O)[O-])ccc1Cl)c1ccc(CN2CCCCC2)o1. The number of hydrogen-bond acceptors (Lipinski definition) is 5. The minimum absolute atomic E-state index is 0.148. The maximum absolute atomic E-state index is 12.3. The van der Waals surface area contributed by atoms with Gasteiger partial charge in [-0.1, -0.05) is 18.0 Å². The van der Waals surface area contributed by atoms with Crippen molar-refractivity contribution < 1.29 is 14.1 Å². The molecule has 0 radical (unpaired) electrons. The number of carbonyl (C=O) groups is 1. The second kappa shape index (κ2) is 7.67. The highest BCUT2D eigenvalue weighted by atomic mass is 35.5. The van der Waals surface area contributed by atoms with Gasteiger partial charge in [-0.05, 0) is 44.1 Å². The average molecular weight is 364 g/mol. The summed E-state index contributed by atoms with van der Waals surface area (Å²) in [4.78, 5) is 24.9. The smallest absolute Gasteiger partial charge is 0.291 e. The lowest BCUT2D eigenvalue weighted by molar-refractivity contribution is -0.384. The first-order valence-corrected chi connectivity index (χ1v) is 8.47. The number of anilines is 1. The van der Waals surface area contributed by atoms with Gasteiger partial charge in [-0.25, -0.2) is 0 Å². The highest BCUT2D eigenvalue weighted by Crippen LogP contribution is 2.27. The number of hydrogen-bond donors (Lipinski definition) is 1. The van der Waals surface area contributed by atoms with E-state index in [9.17, 15) is 14.9 Å². The fourth-order valence-corrected chi connectivity index (χ4v) is 2.99. The van der Waals surface area contributed by atoms with Crippen LogP contribution in [-0.4, -0.2) is 28.8 Å². The number of benzene rings is 1. The third-order valence-corrected chi connectivity index (χ3v) is 4.45. The Kier molecular flexibility index (Phi) is 5.35. The second-order valence-electron chi connectivity index (χ2n) is 5.98. The summed E-state index contributed by atoms with van der Waals surface area (Å²) in [7, 11) is 0. The standard InChI is InChI=1S/C17H18ClN3O4/c18-14-6-4-12(21(23)24)10-15(14)19-17(22)16-7-5-13(25-16)11-20-8-2-1-3-9-20/h4-7,10H,1-3,8-9,11H2,(H,19,22). The molecule has 1 aromatic heterocycles. The van der Waals surface area contributed by atoms with Crippen molar-refractivity contribution in [2.45, 2.75) is 25.8 Å². The van der Waals surface area contributed by atoms with Gasteiger partial charge < -0.3 is 9.73 Å². The zero-order valence-electron chi connectivity index (χ0n) is 13.5. The predicted molar refractivity (Wildman–Crippen MR) is 93.9 cm³/mol. The number of nitro benzene ring substituents is 1. The molecule has 2 heterocycles. The van der Waals surface area contributed by atoms with Gasteiger partial charge in [-0.3, -0.25) is 19.8 Å². The number of amides is 1.